The fraction of sp³-hybridized carbons (Fsp3) is 0.571. The topological polar surface area (TPSA) is 87.0 Å². The smallest absolute Gasteiger partial charge is 0.258 e. The third-order valence-corrected chi connectivity index (χ3v) is 8.09. The van der Waals surface area contributed by atoms with Crippen molar-refractivity contribution in [2.24, 2.45) is 11.8 Å². The summed E-state index contributed by atoms with van der Waals surface area (Å²) in [6, 6.07) is 13.4. The molecule has 1 aromatic carbocycles. The van der Waals surface area contributed by atoms with E-state index in [0.29, 0.717) is 18.7 Å². The minimum absolute atomic E-state index is 0.0161. The molecule has 8 nitrogen and oxygen atoms in total. The first-order chi connectivity index (χ1) is 17.6. The summed E-state index contributed by atoms with van der Waals surface area (Å²) < 4.78 is 7.27. The molecule has 8 heteroatoms. The fourth-order valence-electron chi connectivity index (χ4n) is 6.38. The van der Waals surface area contributed by atoms with Crippen LogP contribution < -0.4 is 10.9 Å². The molecule has 194 valence electrons. The molecule has 5 rings (SSSR count). The zero-order valence-corrected chi connectivity index (χ0v) is 21.1. The Balaban J connectivity index is 1.38. The lowest BCUT2D eigenvalue weighted by Gasteiger charge is -2.38. The van der Waals surface area contributed by atoms with E-state index in [1.54, 1.807) is 0 Å². The predicted octanol–water partition coefficient (Wildman–Crippen LogP) is 1.73. The van der Waals surface area contributed by atoms with Crippen LogP contribution in [0.2, 0.25) is 0 Å². The normalized spacial score (nSPS) is 26.1. The summed E-state index contributed by atoms with van der Waals surface area (Å²) in [5.41, 5.74) is 2.43. The Morgan fingerprint density at radius 1 is 1.11 bits per heavy atom. The number of nitrogens with zero attached hydrogens (tertiary/aromatic N) is 3. The number of morpholine rings is 1. The summed E-state index contributed by atoms with van der Waals surface area (Å²) in [7, 11) is 0. The molecule has 2 N–H and O–H groups in total. The second kappa shape index (κ2) is 11.3. The van der Waals surface area contributed by atoms with Gasteiger partial charge in [0.1, 0.15) is 0 Å². The molecule has 1 aromatic heterocycles. The Hall–Kier alpha value is -2.52. The first-order valence-corrected chi connectivity index (χ1v) is 13.4. The average molecular weight is 495 g/mol. The van der Waals surface area contributed by atoms with Gasteiger partial charge >= 0.3 is 0 Å². The molecule has 2 aromatic rings. The first kappa shape index (κ1) is 25.1. The van der Waals surface area contributed by atoms with Gasteiger partial charge in [-0.3, -0.25) is 19.4 Å². The Morgan fingerprint density at radius 2 is 1.89 bits per heavy atom. The molecule has 0 spiro atoms. The van der Waals surface area contributed by atoms with E-state index in [9.17, 15) is 14.7 Å². The maximum Gasteiger partial charge on any atom is 0.258 e. The number of pyridine rings is 1. The summed E-state index contributed by atoms with van der Waals surface area (Å²) in [6.07, 6.45) is 1.83. The number of rotatable bonds is 9. The minimum atomic E-state index is -0.384. The van der Waals surface area contributed by atoms with E-state index in [2.05, 4.69) is 22.0 Å². The monoisotopic (exact) mass is 494 g/mol. The van der Waals surface area contributed by atoms with E-state index in [1.165, 1.54) is 0 Å². The number of benzene rings is 1. The molecule has 1 amide bonds. The molecule has 2 fully saturated rings. The molecule has 4 heterocycles. The number of hydrogen-bond donors (Lipinski definition) is 2. The molecule has 0 aliphatic carbocycles. The van der Waals surface area contributed by atoms with Crippen molar-refractivity contribution in [3.05, 3.63) is 58.5 Å². The molecule has 0 unspecified atom stereocenters. The first-order valence-electron chi connectivity index (χ1n) is 13.4. The van der Waals surface area contributed by atoms with Gasteiger partial charge < -0.3 is 19.7 Å². The van der Waals surface area contributed by atoms with Crippen molar-refractivity contribution in [1.29, 1.82) is 0 Å². The van der Waals surface area contributed by atoms with Crippen LogP contribution in [0.5, 0.6) is 0 Å². The second-order valence-electron chi connectivity index (χ2n) is 10.2. The molecule has 2 bridgehead atoms. The van der Waals surface area contributed by atoms with Crippen LogP contribution in [0, 0.1) is 11.8 Å². The van der Waals surface area contributed by atoms with E-state index < -0.39 is 0 Å². The van der Waals surface area contributed by atoms with Crippen molar-refractivity contribution in [3.63, 3.8) is 0 Å². The van der Waals surface area contributed by atoms with Crippen molar-refractivity contribution in [2.75, 3.05) is 52.5 Å². The van der Waals surface area contributed by atoms with E-state index in [-0.39, 0.29) is 42.0 Å². The average Bonchev–Trinajstić information content (AvgIpc) is 3.12. The molecule has 4 atom stereocenters. The number of aliphatic hydroxyl groups is 1. The summed E-state index contributed by atoms with van der Waals surface area (Å²) in [4.78, 5) is 31.9. The summed E-state index contributed by atoms with van der Waals surface area (Å²) in [5.74, 6) is -0.608. The number of nitrogens with one attached hydrogen (secondary N) is 1. The summed E-state index contributed by atoms with van der Waals surface area (Å²) >= 11 is 0. The zero-order valence-electron chi connectivity index (χ0n) is 21.1. The van der Waals surface area contributed by atoms with Crippen molar-refractivity contribution < 1.29 is 14.6 Å². The molecule has 2 saturated heterocycles. The van der Waals surface area contributed by atoms with Crippen molar-refractivity contribution in [2.45, 2.75) is 38.4 Å². The number of aromatic nitrogens is 1. The number of fused-ring (bicyclic) bond motifs is 4. The quantitative estimate of drug-likeness (QED) is 0.517. The lowest BCUT2D eigenvalue weighted by molar-refractivity contribution is -0.127. The maximum atomic E-state index is 13.6. The maximum absolute atomic E-state index is 13.6. The lowest BCUT2D eigenvalue weighted by atomic mass is 9.86. The van der Waals surface area contributed by atoms with Crippen molar-refractivity contribution in [3.8, 4) is 11.1 Å². The van der Waals surface area contributed by atoms with Gasteiger partial charge in [0.05, 0.1) is 25.2 Å². The Morgan fingerprint density at radius 3 is 2.61 bits per heavy atom. The predicted molar refractivity (Wildman–Crippen MR) is 139 cm³/mol. The summed E-state index contributed by atoms with van der Waals surface area (Å²) in [5, 5.41) is 13.6. The van der Waals surface area contributed by atoms with Gasteiger partial charge in [-0.1, -0.05) is 37.3 Å². The van der Waals surface area contributed by atoms with Gasteiger partial charge in [0.2, 0.25) is 5.91 Å². The van der Waals surface area contributed by atoms with Crippen LogP contribution in [0.3, 0.4) is 0 Å². The lowest BCUT2D eigenvalue weighted by Crippen LogP contribution is -2.47. The minimum Gasteiger partial charge on any atom is -0.396 e. The van der Waals surface area contributed by atoms with Gasteiger partial charge in [-0.25, -0.2) is 0 Å². The Kier molecular flexibility index (Phi) is 7.86. The number of carbonyl (C=O) groups excluding carboxylic acids is 1. The highest BCUT2D eigenvalue weighted by molar-refractivity contribution is 5.80. The van der Waals surface area contributed by atoms with Crippen molar-refractivity contribution >= 4 is 5.91 Å². The zero-order chi connectivity index (χ0) is 25.1. The number of hydrogen-bond acceptors (Lipinski definition) is 6. The largest absolute Gasteiger partial charge is 0.396 e. The standard InChI is InChI=1S/C28H38N4O4/c1-2-12-31-24-18-32-23(10-9-21(28(32)35)20-7-4-3-5-8-20)26(31)25(22(24)19-33)27(34)29-11-6-13-30-14-16-36-17-15-30/h3-5,7-10,22,24-26,33H,2,6,11-19H2,1H3,(H,29,34)/t22-,24-,25+,26+/m1/s1. The molecule has 0 radical (unpaired) electrons. The summed E-state index contributed by atoms with van der Waals surface area (Å²) in [6.45, 7) is 8.36. The molecule has 3 aliphatic rings. The van der Waals surface area contributed by atoms with E-state index in [1.807, 2.05) is 47.0 Å². The van der Waals surface area contributed by atoms with Gasteiger partial charge in [-0.05, 0) is 43.6 Å². The Labute approximate surface area is 212 Å². The van der Waals surface area contributed by atoms with Crippen LogP contribution in [-0.4, -0.2) is 84.0 Å². The number of carbonyl (C=O) groups is 1. The highest BCUT2D eigenvalue weighted by atomic mass is 16.5. The highest BCUT2D eigenvalue weighted by Gasteiger charge is 2.55. The van der Waals surface area contributed by atoms with E-state index in [4.69, 9.17) is 4.74 Å². The van der Waals surface area contributed by atoms with Gasteiger partial charge in [-0.2, -0.15) is 0 Å². The number of aliphatic hydroxyl groups excluding tert-OH is 1. The van der Waals surface area contributed by atoms with Crippen LogP contribution in [0.4, 0.5) is 0 Å². The SMILES string of the molecule is CCCN1[C@@H]2Cn3c(ccc(-c4ccccc4)c3=O)[C@H]1[C@@H](C(=O)NCCCN1CCOCC1)[C@@H]2CO. The van der Waals surface area contributed by atoms with Crippen LogP contribution in [0.25, 0.3) is 11.1 Å². The highest BCUT2D eigenvalue weighted by Crippen LogP contribution is 2.48. The van der Waals surface area contributed by atoms with Crippen LogP contribution in [0.15, 0.2) is 47.3 Å². The Bertz CT molecular complexity index is 1100. The van der Waals surface area contributed by atoms with E-state index in [0.717, 1.165) is 63.5 Å². The van der Waals surface area contributed by atoms with Gasteiger partial charge in [0, 0.05) is 56.0 Å². The molecular weight excluding hydrogens is 456 g/mol. The van der Waals surface area contributed by atoms with Gasteiger partial charge in [-0.15, -0.1) is 0 Å². The van der Waals surface area contributed by atoms with Crippen LogP contribution in [0.1, 0.15) is 31.5 Å². The molecular formula is C28H38N4O4. The van der Waals surface area contributed by atoms with Gasteiger partial charge in [0.25, 0.3) is 5.56 Å². The third-order valence-electron chi connectivity index (χ3n) is 8.09. The van der Waals surface area contributed by atoms with Crippen molar-refractivity contribution in [1.82, 2.24) is 19.7 Å². The van der Waals surface area contributed by atoms with Crippen LogP contribution >= 0.6 is 0 Å². The second-order valence-corrected chi connectivity index (χ2v) is 10.2. The molecule has 3 aliphatic heterocycles. The fourth-order valence-corrected chi connectivity index (χ4v) is 6.38. The van der Waals surface area contributed by atoms with E-state index >= 15 is 0 Å². The molecule has 0 saturated carbocycles. The van der Waals surface area contributed by atoms with Crippen LogP contribution in [-0.2, 0) is 16.1 Å². The van der Waals surface area contributed by atoms with Gasteiger partial charge in [0.15, 0.2) is 0 Å². The molecule has 36 heavy (non-hydrogen) atoms. The number of ether oxygens (including phenoxy) is 1. The third kappa shape index (κ3) is 4.75. The number of amides is 1.